The van der Waals surface area contributed by atoms with E-state index in [4.69, 9.17) is 4.74 Å². The highest BCUT2D eigenvalue weighted by molar-refractivity contribution is 7.89. The monoisotopic (exact) mass is 399 g/mol. The normalized spacial score (nSPS) is 20.4. The molecule has 1 heterocycles. The van der Waals surface area contributed by atoms with Gasteiger partial charge in [0.05, 0.1) is 15.4 Å². The maximum absolute atomic E-state index is 12.2. The Morgan fingerprint density at radius 3 is 2.78 bits per heavy atom. The fraction of sp³-hybridized carbons (Fsp3) is 0.562. The van der Waals surface area contributed by atoms with E-state index in [9.17, 15) is 18.5 Å². The summed E-state index contributed by atoms with van der Waals surface area (Å²) in [5.74, 6) is 0.543. The molecule has 0 aliphatic carbocycles. The summed E-state index contributed by atoms with van der Waals surface area (Å²) in [5, 5.41) is 17.0. The molecule has 1 saturated heterocycles. The van der Waals surface area contributed by atoms with Crippen LogP contribution in [0.15, 0.2) is 34.2 Å². The summed E-state index contributed by atoms with van der Waals surface area (Å²) in [6.07, 6.45) is 2.00. The lowest BCUT2D eigenvalue weighted by Crippen LogP contribution is -2.47. The first-order chi connectivity index (χ1) is 12.8. The van der Waals surface area contributed by atoms with E-state index in [1.54, 1.807) is 7.05 Å². The number of guanidine groups is 1. The first-order valence-corrected chi connectivity index (χ1v) is 10.1. The molecule has 1 unspecified atom stereocenters. The maximum atomic E-state index is 12.2. The Labute approximate surface area is 158 Å². The predicted molar refractivity (Wildman–Crippen MR) is 101 cm³/mol. The molecule has 0 spiro atoms. The number of nitrogens with one attached hydrogen (secondary N) is 3. The molecule has 1 fully saturated rings. The first-order valence-electron chi connectivity index (χ1n) is 8.58. The Hall–Kier alpha value is -2.24. The molecule has 1 aromatic rings. The molecule has 3 N–H and O–H groups in total. The molecule has 1 aliphatic heterocycles. The molecule has 1 atom stereocenters. The minimum absolute atomic E-state index is 0.0967. The Balaban J connectivity index is 1.80. The van der Waals surface area contributed by atoms with Gasteiger partial charge in [0.2, 0.25) is 10.0 Å². The van der Waals surface area contributed by atoms with Crippen LogP contribution >= 0.6 is 0 Å². The fourth-order valence-corrected chi connectivity index (χ4v) is 3.75. The largest absolute Gasteiger partial charge is 0.373 e. The van der Waals surface area contributed by atoms with Crippen molar-refractivity contribution in [3.05, 3.63) is 34.4 Å². The second-order valence-electron chi connectivity index (χ2n) is 6.41. The lowest BCUT2D eigenvalue weighted by molar-refractivity contribution is -0.385. The summed E-state index contributed by atoms with van der Waals surface area (Å²) in [6, 6.07) is 4.91. The molecule has 1 aromatic carbocycles. The molecule has 2 rings (SSSR count). The number of rotatable bonds is 8. The van der Waals surface area contributed by atoms with E-state index >= 15 is 0 Å². The Morgan fingerprint density at radius 1 is 1.37 bits per heavy atom. The Kier molecular flexibility index (Phi) is 7.11. The lowest BCUT2D eigenvalue weighted by atomic mass is 10.0. The number of nitrogens with zero attached hydrogens (tertiary/aromatic N) is 2. The zero-order valence-electron chi connectivity index (χ0n) is 15.4. The van der Waals surface area contributed by atoms with Gasteiger partial charge in [-0.15, -0.1) is 0 Å². The van der Waals surface area contributed by atoms with Crippen molar-refractivity contribution in [2.45, 2.75) is 30.3 Å². The van der Waals surface area contributed by atoms with E-state index in [2.05, 4.69) is 20.3 Å². The number of non-ortho nitro benzene ring substituents is 1. The van der Waals surface area contributed by atoms with E-state index in [1.807, 2.05) is 6.92 Å². The van der Waals surface area contributed by atoms with Crippen LogP contribution in [-0.4, -0.2) is 58.2 Å². The van der Waals surface area contributed by atoms with Gasteiger partial charge in [-0.2, -0.15) is 0 Å². The molecule has 0 aromatic heterocycles. The van der Waals surface area contributed by atoms with Crippen molar-refractivity contribution in [2.75, 3.05) is 33.3 Å². The topological polar surface area (TPSA) is 135 Å². The third-order valence-corrected chi connectivity index (χ3v) is 5.66. The zero-order valence-corrected chi connectivity index (χ0v) is 16.2. The molecule has 0 saturated carbocycles. The average molecular weight is 399 g/mol. The predicted octanol–water partition coefficient (Wildman–Crippen LogP) is 0.607. The van der Waals surface area contributed by atoms with Gasteiger partial charge >= 0.3 is 0 Å². The van der Waals surface area contributed by atoms with Crippen molar-refractivity contribution >= 4 is 21.7 Å². The highest BCUT2D eigenvalue weighted by Gasteiger charge is 2.29. The number of nitro benzene ring substituents is 1. The highest BCUT2D eigenvalue weighted by Crippen LogP contribution is 2.23. The molecule has 150 valence electrons. The van der Waals surface area contributed by atoms with E-state index in [1.165, 1.54) is 18.2 Å². The standard InChI is InChI=1S/C16H25N5O5S/c1-16(7-4-10-26-16)12-19-15(17-2)18-8-9-20-27(24,25)14-6-3-5-13(11-14)21(22)23/h3,5-6,11,20H,4,7-10,12H2,1-2H3,(H2,17,18,19). The molecule has 0 bridgehead atoms. The Morgan fingerprint density at radius 2 is 2.15 bits per heavy atom. The van der Waals surface area contributed by atoms with Crippen LogP contribution in [-0.2, 0) is 14.8 Å². The summed E-state index contributed by atoms with van der Waals surface area (Å²) in [7, 11) is -2.21. The zero-order chi connectivity index (χ0) is 19.9. The van der Waals surface area contributed by atoms with Crippen LogP contribution in [0.1, 0.15) is 19.8 Å². The van der Waals surface area contributed by atoms with Crippen molar-refractivity contribution in [2.24, 2.45) is 4.99 Å². The van der Waals surface area contributed by atoms with Crippen molar-refractivity contribution in [3.63, 3.8) is 0 Å². The average Bonchev–Trinajstić information content (AvgIpc) is 3.08. The number of benzene rings is 1. The molecule has 0 amide bonds. The highest BCUT2D eigenvalue weighted by atomic mass is 32.2. The van der Waals surface area contributed by atoms with Crippen LogP contribution in [0.2, 0.25) is 0 Å². The van der Waals surface area contributed by atoms with Gasteiger partial charge in [-0.3, -0.25) is 15.1 Å². The number of sulfonamides is 1. The van der Waals surface area contributed by atoms with Crippen LogP contribution in [0.3, 0.4) is 0 Å². The molecule has 10 nitrogen and oxygen atoms in total. The van der Waals surface area contributed by atoms with Gasteiger partial charge in [0.15, 0.2) is 5.96 Å². The van der Waals surface area contributed by atoms with Crippen molar-refractivity contribution in [1.82, 2.24) is 15.4 Å². The van der Waals surface area contributed by atoms with Crippen molar-refractivity contribution < 1.29 is 18.1 Å². The SMILES string of the molecule is CN=C(NCCNS(=O)(=O)c1cccc([N+](=O)[O-])c1)NCC1(C)CCCO1. The second-order valence-corrected chi connectivity index (χ2v) is 8.17. The van der Waals surface area contributed by atoms with E-state index < -0.39 is 14.9 Å². The third-order valence-electron chi connectivity index (χ3n) is 4.20. The molecule has 1 aliphatic rings. The van der Waals surface area contributed by atoms with Gasteiger partial charge in [0.1, 0.15) is 0 Å². The number of aliphatic imine (C=N–C) groups is 1. The second kappa shape index (κ2) is 9.11. The quantitative estimate of drug-likeness (QED) is 0.192. The molecular weight excluding hydrogens is 374 g/mol. The number of ether oxygens (including phenoxy) is 1. The van der Waals surface area contributed by atoms with Gasteiger partial charge in [-0.25, -0.2) is 13.1 Å². The number of hydrogen-bond acceptors (Lipinski definition) is 6. The Bertz CT molecular complexity index is 790. The van der Waals surface area contributed by atoms with Gasteiger partial charge in [-0.05, 0) is 25.8 Å². The smallest absolute Gasteiger partial charge is 0.270 e. The van der Waals surface area contributed by atoms with Crippen LogP contribution in [0, 0.1) is 10.1 Å². The summed E-state index contributed by atoms with van der Waals surface area (Å²) >= 11 is 0. The van der Waals surface area contributed by atoms with Crippen molar-refractivity contribution in [1.29, 1.82) is 0 Å². The molecule has 0 radical (unpaired) electrons. The van der Waals surface area contributed by atoms with Crippen LogP contribution in [0.5, 0.6) is 0 Å². The lowest BCUT2D eigenvalue weighted by Gasteiger charge is -2.24. The van der Waals surface area contributed by atoms with Gasteiger partial charge in [0, 0.05) is 45.4 Å². The van der Waals surface area contributed by atoms with E-state index in [0.29, 0.717) is 19.0 Å². The minimum atomic E-state index is -3.83. The summed E-state index contributed by atoms with van der Waals surface area (Å²) < 4.78 is 32.6. The van der Waals surface area contributed by atoms with E-state index in [0.717, 1.165) is 25.5 Å². The van der Waals surface area contributed by atoms with Gasteiger partial charge in [0.25, 0.3) is 5.69 Å². The molecular formula is C16H25N5O5S. The van der Waals surface area contributed by atoms with Crippen molar-refractivity contribution in [3.8, 4) is 0 Å². The number of hydrogen-bond donors (Lipinski definition) is 3. The van der Waals surface area contributed by atoms with Crippen LogP contribution in [0.4, 0.5) is 5.69 Å². The summed E-state index contributed by atoms with van der Waals surface area (Å²) in [5.41, 5.74) is -0.496. The van der Waals surface area contributed by atoms with Crippen LogP contribution in [0.25, 0.3) is 0 Å². The van der Waals surface area contributed by atoms with Crippen LogP contribution < -0.4 is 15.4 Å². The minimum Gasteiger partial charge on any atom is -0.373 e. The van der Waals surface area contributed by atoms with E-state index in [-0.39, 0.29) is 22.7 Å². The van der Waals surface area contributed by atoms with Gasteiger partial charge < -0.3 is 15.4 Å². The molecule has 11 heteroatoms. The maximum Gasteiger partial charge on any atom is 0.270 e. The summed E-state index contributed by atoms with van der Waals surface area (Å²) in [4.78, 5) is 14.1. The summed E-state index contributed by atoms with van der Waals surface area (Å²) in [6.45, 7) is 3.79. The number of nitro groups is 1. The molecule has 27 heavy (non-hydrogen) atoms. The fourth-order valence-electron chi connectivity index (χ4n) is 2.68. The first kappa shape index (κ1) is 21.1. The third kappa shape index (κ3) is 6.15. The van der Waals surface area contributed by atoms with Gasteiger partial charge in [-0.1, -0.05) is 6.07 Å².